The van der Waals surface area contributed by atoms with E-state index >= 15 is 0 Å². The number of imidazole rings is 1. The summed E-state index contributed by atoms with van der Waals surface area (Å²) in [6, 6.07) is 12.1. The number of halogens is 2. The van der Waals surface area contributed by atoms with E-state index in [4.69, 9.17) is 4.42 Å². The second-order valence-corrected chi connectivity index (χ2v) is 7.48. The van der Waals surface area contributed by atoms with Crippen LogP contribution in [0.1, 0.15) is 33.5 Å². The fourth-order valence-corrected chi connectivity index (χ4v) is 4.09. The third-order valence-corrected chi connectivity index (χ3v) is 5.77. The van der Waals surface area contributed by atoms with Gasteiger partial charge in [-0.3, -0.25) is 4.79 Å². The highest BCUT2D eigenvalue weighted by molar-refractivity contribution is 7.98. The Morgan fingerprint density at radius 2 is 2.14 bits per heavy atom. The van der Waals surface area contributed by atoms with Crippen LogP contribution in [0.15, 0.2) is 58.4 Å². The number of benzene rings is 1. The second kappa shape index (κ2) is 10.7. The Morgan fingerprint density at radius 1 is 1.31 bits per heavy atom. The minimum absolute atomic E-state index is 0. The first-order chi connectivity index (χ1) is 13.2. The molecule has 0 saturated heterocycles. The second-order valence-electron chi connectivity index (χ2n) is 6.54. The molecule has 0 radical (unpaired) electrons. The maximum absolute atomic E-state index is 12.4. The molecule has 2 N–H and O–H groups in total. The lowest BCUT2D eigenvalue weighted by Crippen LogP contribution is -2.38. The standard InChI is InChI=1S/C20H22N4O2S.2ClH/c1-24-11-10-22-20(24)27-13-15-6-7-18(26-15)19(25)23-12-17-16-5-3-2-4-14(16)8-9-21-17;;/h2-7,10-11,17,21H,8-9,12-13H2,1H3,(H,23,25);2*1H. The van der Waals surface area contributed by atoms with E-state index in [1.54, 1.807) is 24.0 Å². The summed E-state index contributed by atoms with van der Waals surface area (Å²) in [5, 5.41) is 7.37. The number of aryl methyl sites for hydroxylation is 1. The summed E-state index contributed by atoms with van der Waals surface area (Å²) in [6.45, 7) is 1.46. The van der Waals surface area contributed by atoms with Crippen LogP contribution in [0, 0.1) is 0 Å². The third kappa shape index (κ3) is 5.57. The number of hydrogen-bond donors (Lipinski definition) is 2. The predicted octanol–water partition coefficient (Wildman–Crippen LogP) is 3.77. The van der Waals surface area contributed by atoms with Crippen molar-refractivity contribution in [2.24, 2.45) is 7.05 Å². The number of aromatic nitrogens is 2. The van der Waals surface area contributed by atoms with E-state index in [0.29, 0.717) is 18.1 Å². The van der Waals surface area contributed by atoms with Gasteiger partial charge in [-0.15, -0.1) is 24.8 Å². The fourth-order valence-electron chi connectivity index (χ4n) is 3.26. The summed E-state index contributed by atoms with van der Waals surface area (Å²) in [5.74, 6) is 1.55. The number of carbonyl (C=O) groups excluding carboxylic acids is 1. The van der Waals surface area contributed by atoms with Crippen molar-refractivity contribution in [2.75, 3.05) is 13.1 Å². The smallest absolute Gasteiger partial charge is 0.287 e. The lowest BCUT2D eigenvalue weighted by atomic mass is 9.94. The lowest BCUT2D eigenvalue weighted by molar-refractivity contribution is 0.0920. The number of rotatable bonds is 6. The Morgan fingerprint density at radius 3 is 2.93 bits per heavy atom. The van der Waals surface area contributed by atoms with Crippen molar-refractivity contribution >= 4 is 42.5 Å². The summed E-state index contributed by atoms with van der Waals surface area (Å²) in [7, 11) is 1.95. The zero-order valence-electron chi connectivity index (χ0n) is 16.0. The van der Waals surface area contributed by atoms with E-state index in [1.807, 2.05) is 29.9 Å². The molecule has 3 heterocycles. The average molecular weight is 455 g/mol. The Balaban J connectivity index is 0.00000150. The molecule has 1 aliphatic rings. The Bertz CT molecular complexity index is 944. The quantitative estimate of drug-likeness (QED) is 0.554. The summed E-state index contributed by atoms with van der Waals surface area (Å²) >= 11 is 1.58. The molecule has 9 heteroatoms. The molecular weight excluding hydrogens is 431 g/mol. The van der Waals surface area contributed by atoms with Crippen molar-refractivity contribution in [2.45, 2.75) is 23.4 Å². The van der Waals surface area contributed by atoms with Crippen LogP contribution in [0.4, 0.5) is 0 Å². The SMILES string of the molecule is Cl.Cl.Cn1ccnc1SCc1ccc(C(=O)NCC2NCCc3ccccc32)o1. The first-order valence-corrected chi connectivity index (χ1v) is 9.97. The van der Waals surface area contributed by atoms with Gasteiger partial charge in [-0.05, 0) is 36.2 Å². The highest BCUT2D eigenvalue weighted by Gasteiger charge is 2.20. The van der Waals surface area contributed by atoms with Crippen LogP contribution in [-0.2, 0) is 19.2 Å². The molecule has 0 fully saturated rings. The molecule has 0 aliphatic carbocycles. The van der Waals surface area contributed by atoms with Crippen LogP contribution < -0.4 is 10.6 Å². The normalized spacial score (nSPS) is 15.0. The molecule has 1 atom stereocenters. The zero-order valence-corrected chi connectivity index (χ0v) is 18.4. The summed E-state index contributed by atoms with van der Waals surface area (Å²) < 4.78 is 7.66. The number of hydrogen-bond acceptors (Lipinski definition) is 5. The minimum Gasteiger partial charge on any atom is -0.455 e. The maximum atomic E-state index is 12.4. The van der Waals surface area contributed by atoms with E-state index in [1.165, 1.54) is 11.1 Å². The van der Waals surface area contributed by atoms with Gasteiger partial charge in [-0.1, -0.05) is 36.0 Å². The van der Waals surface area contributed by atoms with E-state index in [2.05, 4.69) is 33.8 Å². The highest BCUT2D eigenvalue weighted by Crippen LogP contribution is 2.23. The maximum Gasteiger partial charge on any atom is 0.287 e. The Hall–Kier alpha value is -1.93. The monoisotopic (exact) mass is 454 g/mol. The van der Waals surface area contributed by atoms with Crippen LogP contribution in [0.3, 0.4) is 0 Å². The van der Waals surface area contributed by atoms with E-state index in [9.17, 15) is 4.79 Å². The van der Waals surface area contributed by atoms with Gasteiger partial charge in [0.25, 0.3) is 5.91 Å². The molecule has 2 aromatic heterocycles. The molecule has 1 aliphatic heterocycles. The zero-order chi connectivity index (χ0) is 18.6. The van der Waals surface area contributed by atoms with Gasteiger partial charge in [-0.2, -0.15) is 0 Å². The van der Waals surface area contributed by atoms with Gasteiger partial charge in [0.05, 0.1) is 5.75 Å². The van der Waals surface area contributed by atoms with Crippen molar-refractivity contribution in [3.05, 3.63) is 71.4 Å². The van der Waals surface area contributed by atoms with Gasteiger partial charge in [-0.25, -0.2) is 4.98 Å². The molecule has 6 nitrogen and oxygen atoms in total. The Labute approximate surface area is 186 Å². The van der Waals surface area contributed by atoms with Crippen molar-refractivity contribution in [3.63, 3.8) is 0 Å². The third-order valence-electron chi connectivity index (χ3n) is 4.69. The van der Waals surface area contributed by atoms with Crippen LogP contribution in [0.2, 0.25) is 0 Å². The van der Waals surface area contributed by atoms with Gasteiger partial charge in [0.1, 0.15) is 5.76 Å². The molecule has 29 heavy (non-hydrogen) atoms. The van der Waals surface area contributed by atoms with E-state index in [0.717, 1.165) is 23.9 Å². The average Bonchev–Trinajstić information content (AvgIpc) is 3.33. The molecule has 3 aromatic rings. The summed E-state index contributed by atoms with van der Waals surface area (Å²) in [5.41, 5.74) is 2.61. The number of furan rings is 1. The summed E-state index contributed by atoms with van der Waals surface area (Å²) in [6.07, 6.45) is 4.69. The first-order valence-electron chi connectivity index (χ1n) is 8.99. The predicted molar refractivity (Wildman–Crippen MR) is 119 cm³/mol. The first kappa shape index (κ1) is 23.3. The number of fused-ring (bicyclic) bond motifs is 1. The topological polar surface area (TPSA) is 72.1 Å². The van der Waals surface area contributed by atoms with Gasteiger partial charge in [0.15, 0.2) is 10.9 Å². The highest BCUT2D eigenvalue weighted by atomic mass is 35.5. The number of nitrogens with zero attached hydrogens (tertiary/aromatic N) is 2. The van der Waals surface area contributed by atoms with Crippen LogP contribution in [-0.4, -0.2) is 28.5 Å². The van der Waals surface area contributed by atoms with Crippen molar-refractivity contribution in [3.8, 4) is 0 Å². The van der Waals surface area contributed by atoms with E-state index in [-0.39, 0.29) is 36.8 Å². The van der Waals surface area contributed by atoms with Crippen molar-refractivity contribution < 1.29 is 9.21 Å². The molecular formula is C20H24Cl2N4O2S. The van der Waals surface area contributed by atoms with Crippen LogP contribution in [0.25, 0.3) is 0 Å². The molecule has 1 unspecified atom stereocenters. The van der Waals surface area contributed by atoms with Gasteiger partial charge >= 0.3 is 0 Å². The molecule has 0 bridgehead atoms. The molecule has 4 rings (SSSR count). The largest absolute Gasteiger partial charge is 0.455 e. The van der Waals surface area contributed by atoms with Crippen LogP contribution >= 0.6 is 36.6 Å². The molecule has 1 amide bonds. The van der Waals surface area contributed by atoms with Crippen molar-refractivity contribution in [1.29, 1.82) is 0 Å². The molecule has 156 valence electrons. The molecule has 1 aromatic carbocycles. The number of nitrogens with one attached hydrogen (secondary N) is 2. The Kier molecular flexibility index (Phi) is 8.64. The number of amides is 1. The number of carbonyl (C=O) groups is 1. The summed E-state index contributed by atoms with van der Waals surface area (Å²) in [4.78, 5) is 16.7. The number of thioether (sulfide) groups is 1. The lowest BCUT2D eigenvalue weighted by Gasteiger charge is -2.27. The van der Waals surface area contributed by atoms with Gasteiger partial charge in [0, 0.05) is 32.0 Å². The minimum atomic E-state index is -0.187. The van der Waals surface area contributed by atoms with Crippen LogP contribution in [0.5, 0.6) is 0 Å². The van der Waals surface area contributed by atoms with Crippen molar-refractivity contribution in [1.82, 2.24) is 20.2 Å². The van der Waals surface area contributed by atoms with Gasteiger partial charge in [0.2, 0.25) is 0 Å². The van der Waals surface area contributed by atoms with Gasteiger partial charge < -0.3 is 19.6 Å². The molecule has 0 spiro atoms. The van der Waals surface area contributed by atoms with E-state index < -0.39 is 0 Å². The fraction of sp³-hybridized carbons (Fsp3) is 0.300. The molecule has 0 saturated carbocycles.